The molecule has 0 aliphatic rings. The number of primary sulfonamides is 1. The topological polar surface area (TPSA) is 105 Å². The van der Waals surface area contributed by atoms with Crippen LogP contribution in [-0.4, -0.2) is 34.7 Å². The number of hydrogen-bond donors (Lipinski definition) is 1. The number of hydrogen-bond acceptors (Lipinski definition) is 6. The molecule has 10 heteroatoms. The van der Waals surface area contributed by atoms with Gasteiger partial charge in [0.05, 0.1) is 22.7 Å². The lowest BCUT2D eigenvalue weighted by molar-refractivity contribution is 0.0450. The SMILES string of the molecule is COc1ccc(C(=O)OCCOc2c(Cl)cccc2Cl)cc1S(N)(=O)=O. The Labute approximate surface area is 160 Å². The Hall–Kier alpha value is -2.00. The summed E-state index contributed by atoms with van der Waals surface area (Å²) >= 11 is 11.9. The molecule has 0 amide bonds. The number of para-hydroxylation sites is 1. The number of carbonyl (C=O) groups excluding carboxylic acids is 1. The molecular weight excluding hydrogens is 405 g/mol. The summed E-state index contributed by atoms with van der Waals surface area (Å²) < 4.78 is 38.5. The predicted molar refractivity (Wildman–Crippen MR) is 96.6 cm³/mol. The lowest BCUT2D eigenvalue weighted by Crippen LogP contribution is -2.16. The van der Waals surface area contributed by atoms with Crippen molar-refractivity contribution in [2.45, 2.75) is 4.90 Å². The molecule has 0 saturated heterocycles. The highest BCUT2D eigenvalue weighted by Gasteiger charge is 2.18. The molecule has 2 aromatic rings. The van der Waals surface area contributed by atoms with Crippen LogP contribution in [0.5, 0.6) is 11.5 Å². The number of ether oxygens (including phenoxy) is 3. The third kappa shape index (κ3) is 5.01. The van der Waals surface area contributed by atoms with Crippen molar-refractivity contribution in [2.24, 2.45) is 5.14 Å². The number of sulfonamides is 1. The van der Waals surface area contributed by atoms with E-state index in [4.69, 9.17) is 42.6 Å². The van der Waals surface area contributed by atoms with Gasteiger partial charge in [-0.25, -0.2) is 18.4 Å². The number of esters is 1. The van der Waals surface area contributed by atoms with Gasteiger partial charge in [-0.1, -0.05) is 29.3 Å². The molecule has 0 atom stereocenters. The largest absolute Gasteiger partial charge is 0.495 e. The van der Waals surface area contributed by atoms with Gasteiger partial charge >= 0.3 is 5.97 Å². The summed E-state index contributed by atoms with van der Waals surface area (Å²) in [6.07, 6.45) is 0. The quantitative estimate of drug-likeness (QED) is 0.546. The Morgan fingerprint density at radius 2 is 1.77 bits per heavy atom. The molecule has 0 aliphatic heterocycles. The zero-order chi connectivity index (χ0) is 19.3. The predicted octanol–water partition coefficient (Wildman–Crippen LogP) is 2.89. The normalized spacial score (nSPS) is 11.1. The molecular formula is C16H15Cl2NO6S. The standard InChI is InChI=1S/C16H15Cl2NO6S/c1-23-13-6-5-10(9-14(13)26(19,21)22)16(20)25-8-7-24-15-11(17)3-2-4-12(15)18/h2-6,9H,7-8H2,1H3,(H2,19,21,22). The summed E-state index contributed by atoms with van der Waals surface area (Å²) in [7, 11) is -2.77. The molecule has 0 fully saturated rings. The first-order valence-electron chi connectivity index (χ1n) is 7.19. The fourth-order valence-corrected chi connectivity index (χ4v) is 3.24. The van der Waals surface area contributed by atoms with Crippen LogP contribution in [0.3, 0.4) is 0 Å². The zero-order valence-corrected chi connectivity index (χ0v) is 15.9. The Morgan fingerprint density at radius 1 is 1.12 bits per heavy atom. The molecule has 2 rings (SSSR count). The van der Waals surface area contributed by atoms with Crippen molar-refractivity contribution in [3.63, 3.8) is 0 Å². The molecule has 140 valence electrons. The van der Waals surface area contributed by atoms with Crippen LogP contribution in [0, 0.1) is 0 Å². The van der Waals surface area contributed by atoms with Crippen molar-refractivity contribution in [1.29, 1.82) is 0 Å². The second kappa shape index (κ2) is 8.59. The number of halogens is 2. The van der Waals surface area contributed by atoms with Gasteiger partial charge in [-0.2, -0.15) is 0 Å². The van der Waals surface area contributed by atoms with Crippen LogP contribution in [-0.2, 0) is 14.8 Å². The van der Waals surface area contributed by atoms with Gasteiger partial charge in [0.2, 0.25) is 10.0 Å². The molecule has 0 heterocycles. The van der Waals surface area contributed by atoms with Crippen molar-refractivity contribution in [3.8, 4) is 11.5 Å². The van der Waals surface area contributed by atoms with E-state index >= 15 is 0 Å². The molecule has 2 N–H and O–H groups in total. The summed E-state index contributed by atoms with van der Waals surface area (Å²) in [6.45, 7) is -0.0927. The molecule has 26 heavy (non-hydrogen) atoms. The Balaban J connectivity index is 2.00. The van der Waals surface area contributed by atoms with E-state index in [0.29, 0.717) is 10.0 Å². The first-order chi connectivity index (χ1) is 12.2. The molecule has 0 spiro atoms. The molecule has 0 radical (unpaired) electrons. The number of benzene rings is 2. The van der Waals surface area contributed by atoms with Crippen LogP contribution in [0.1, 0.15) is 10.4 Å². The maximum Gasteiger partial charge on any atom is 0.338 e. The Kier molecular flexibility index (Phi) is 6.71. The minimum absolute atomic E-state index is 0.00519. The second-order valence-electron chi connectivity index (χ2n) is 4.95. The number of nitrogens with two attached hydrogens (primary N) is 1. The minimum Gasteiger partial charge on any atom is -0.495 e. The number of rotatable bonds is 7. The van der Waals surface area contributed by atoms with Gasteiger partial charge in [-0.05, 0) is 30.3 Å². The first kappa shape index (κ1) is 20.3. The average molecular weight is 420 g/mol. The van der Waals surface area contributed by atoms with E-state index in [2.05, 4.69) is 0 Å². The maximum absolute atomic E-state index is 12.1. The maximum atomic E-state index is 12.1. The van der Waals surface area contributed by atoms with Crippen LogP contribution >= 0.6 is 23.2 Å². The third-order valence-corrected chi connectivity index (χ3v) is 4.72. The van der Waals surface area contributed by atoms with Gasteiger partial charge in [0.25, 0.3) is 0 Å². The van der Waals surface area contributed by atoms with Crippen molar-refractivity contribution >= 4 is 39.2 Å². The highest BCUT2D eigenvalue weighted by Crippen LogP contribution is 2.32. The van der Waals surface area contributed by atoms with Gasteiger partial charge in [-0.15, -0.1) is 0 Å². The van der Waals surface area contributed by atoms with E-state index in [1.54, 1.807) is 18.2 Å². The monoisotopic (exact) mass is 419 g/mol. The Bertz CT molecular complexity index is 897. The van der Waals surface area contributed by atoms with E-state index in [-0.39, 0.29) is 35.2 Å². The van der Waals surface area contributed by atoms with E-state index in [1.165, 1.54) is 19.2 Å². The second-order valence-corrected chi connectivity index (χ2v) is 7.29. The molecule has 2 aromatic carbocycles. The van der Waals surface area contributed by atoms with Gasteiger partial charge in [0.15, 0.2) is 5.75 Å². The first-order valence-corrected chi connectivity index (χ1v) is 9.49. The van der Waals surface area contributed by atoms with Crippen molar-refractivity contribution in [3.05, 3.63) is 52.0 Å². The summed E-state index contributed by atoms with van der Waals surface area (Å²) in [5.41, 5.74) is 0.00519. The lowest BCUT2D eigenvalue weighted by Gasteiger charge is -2.11. The van der Waals surface area contributed by atoms with Crippen molar-refractivity contribution in [1.82, 2.24) is 0 Å². The average Bonchev–Trinajstić information content (AvgIpc) is 2.59. The molecule has 0 unspecified atom stereocenters. The van der Waals surface area contributed by atoms with Crippen LogP contribution in [0.2, 0.25) is 10.0 Å². The number of carbonyl (C=O) groups is 1. The van der Waals surface area contributed by atoms with Crippen LogP contribution in [0.15, 0.2) is 41.3 Å². The lowest BCUT2D eigenvalue weighted by atomic mass is 10.2. The van der Waals surface area contributed by atoms with E-state index in [9.17, 15) is 13.2 Å². The Morgan fingerprint density at radius 3 is 2.35 bits per heavy atom. The minimum atomic E-state index is -4.06. The molecule has 7 nitrogen and oxygen atoms in total. The van der Waals surface area contributed by atoms with Crippen molar-refractivity contribution in [2.75, 3.05) is 20.3 Å². The third-order valence-electron chi connectivity index (χ3n) is 3.19. The highest BCUT2D eigenvalue weighted by molar-refractivity contribution is 7.89. The van der Waals surface area contributed by atoms with Crippen LogP contribution < -0.4 is 14.6 Å². The fourth-order valence-electron chi connectivity index (χ4n) is 2.01. The fraction of sp³-hybridized carbons (Fsp3) is 0.188. The number of methoxy groups -OCH3 is 1. The zero-order valence-electron chi connectivity index (χ0n) is 13.6. The summed E-state index contributed by atoms with van der Waals surface area (Å²) in [5.74, 6) is -0.431. The summed E-state index contributed by atoms with van der Waals surface area (Å²) in [4.78, 5) is 11.8. The molecule has 0 saturated carbocycles. The summed E-state index contributed by atoms with van der Waals surface area (Å²) in [5, 5.41) is 5.77. The van der Waals surface area contributed by atoms with E-state index in [1.807, 2.05) is 0 Å². The van der Waals surface area contributed by atoms with Crippen molar-refractivity contribution < 1.29 is 27.4 Å². The van der Waals surface area contributed by atoms with Gasteiger partial charge in [-0.3, -0.25) is 0 Å². The highest BCUT2D eigenvalue weighted by atomic mass is 35.5. The van der Waals surface area contributed by atoms with Gasteiger partial charge < -0.3 is 14.2 Å². The van der Waals surface area contributed by atoms with E-state index in [0.717, 1.165) is 6.07 Å². The molecule has 0 bridgehead atoms. The van der Waals surface area contributed by atoms with Crippen LogP contribution in [0.25, 0.3) is 0 Å². The van der Waals surface area contributed by atoms with E-state index < -0.39 is 16.0 Å². The van der Waals surface area contributed by atoms with Gasteiger partial charge in [0, 0.05) is 0 Å². The summed E-state index contributed by atoms with van der Waals surface area (Å²) in [6, 6.07) is 8.66. The van der Waals surface area contributed by atoms with Gasteiger partial charge in [0.1, 0.15) is 23.9 Å². The van der Waals surface area contributed by atoms with Crippen LogP contribution in [0.4, 0.5) is 0 Å². The molecule has 0 aliphatic carbocycles. The molecule has 0 aromatic heterocycles. The smallest absolute Gasteiger partial charge is 0.338 e.